The molecule has 6 heteroatoms. The van der Waals surface area contributed by atoms with Gasteiger partial charge in [0.15, 0.2) is 0 Å². The normalized spacial score (nSPS) is 19.5. The molecule has 0 aliphatic carbocycles. The average Bonchev–Trinajstić information content (AvgIpc) is 2.23. The smallest absolute Gasteiger partial charge is 0.0462 e. The number of rotatable bonds is 1. The highest BCUT2D eigenvalue weighted by atomic mass is 35.5. The van der Waals surface area contributed by atoms with Gasteiger partial charge in [-0.15, -0.1) is 24.8 Å². The molecule has 1 heterocycles. The lowest BCUT2D eigenvalue weighted by Gasteiger charge is -2.25. The monoisotopic (exact) mass is 302 g/mol. The Balaban J connectivity index is 0.00000112. The van der Waals surface area contributed by atoms with E-state index in [0.29, 0.717) is 0 Å². The minimum atomic E-state index is 0. The minimum Gasteiger partial charge on any atom is -0.314 e. The average molecular weight is 304 g/mol. The van der Waals surface area contributed by atoms with Crippen molar-refractivity contribution in [3.63, 3.8) is 0 Å². The fraction of sp³-hybridized carbons (Fsp3) is 0.400. The van der Waals surface area contributed by atoms with E-state index >= 15 is 0 Å². The quantitative estimate of drug-likeness (QED) is 0.833. The molecule has 0 unspecified atom stereocenters. The molecule has 0 saturated carbocycles. The van der Waals surface area contributed by atoms with Crippen LogP contribution in [0.1, 0.15) is 11.6 Å². The highest BCUT2D eigenvalue weighted by Crippen LogP contribution is 2.26. The van der Waals surface area contributed by atoms with Gasteiger partial charge in [0.05, 0.1) is 0 Å². The summed E-state index contributed by atoms with van der Waals surface area (Å²) in [6, 6.07) is 5.85. The van der Waals surface area contributed by atoms with Crippen LogP contribution in [0.5, 0.6) is 0 Å². The van der Waals surface area contributed by atoms with E-state index in [-0.39, 0.29) is 30.9 Å². The van der Waals surface area contributed by atoms with E-state index in [2.05, 4.69) is 10.6 Å². The molecule has 1 aromatic carbocycles. The van der Waals surface area contributed by atoms with E-state index in [0.717, 1.165) is 35.2 Å². The van der Waals surface area contributed by atoms with Crippen molar-refractivity contribution in [2.45, 2.75) is 6.04 Å². The summed E-state index contributed by atoms with van der Waals surface area (Å²) in [5, 5.41) is 8.22. The highest BCUT2D eigenvalue weighted by molar-refractivity contribution is 6.33. The lowest BCUT2D eigenvalue weighted by atomic mass is 10.1. The lowest BCUT2D eigenvalue weighted by molar-refractivity contribution is 0.430. The van der Waals surface area contributed by atoms with Gasteiger partial charge < -0.3 is 10.6 Å². The summed E-state index contributed by atoms with van der Waals surface area (Å²) in [5.74, 6) is 0. The summed E-state index contributed by atoms with van der Waals surface area (Å²) in [6.45, 7) is 2.88. The van der Waals surface area contributed by atoms with Gasteiger partial charge in [-0.05, 0) is 23.8 Å². The standard InChI is InChI=1S/C10H12Cl2N2.2ClH/c11-7-1-2-9(12)8(5-7)10-6-13-3-4-14-10;;/h1-2,5,10,13-14H,3-4,6H2;2*1H/t10-;;/m1../s1. The maximum absolute atomic E-state index is 6.10. The lowest BCUT2D eigenvalue weighted by Crippen LogP contribution is -2.42. The Hall–Kier alpha value is 0.300. The van der Waals surface area contributed by atoms with E-state index in [9.17, 15) is 0 Å². The van der Waals surface area contributed by atoms with Crippen LogP contribution in [0.3, 0.4) is 0 Å². The third-order valence-electron chi connectivity index (χ3n) is 2.37. The maximum atomic E-state index is 6.10. The first-order chi connectivity index (χ1) is 6.77. The SMILES string of the molecule is Cl.Cl.Clc1ccc(Cl)c([C@H]2CNCCN2)c1. The summed E-state index contributed by atoms with van der Waals surface area (Å²) in [6.07, 6.45) is 0. The summed E-state index contributed by atoms with van der Waals surface area (Å²) in [7, 11) is 0. The Kier molecular flexibility index (Phi) is 7.73. The van der Waals surface area contributed by atoms with Gasteiger partial charge in [0, 0.05) is 35.7 Å². The van der Waals surface area contributed by atoms with Crippen molar-refractivity contribution in [3.8, 4) is 0 Å². The first-order valence-electron chi connectivity index (χ1n) is 4.66. The Morgan fingerprint density at radius 2 is 1.88 bits per heavy atom. The Labute approximate surface area is 118 Å². The molecule has 0 bridgehead atoms. The van der Waals surface area contributed by atoms with Crippen molar-refractivity contribution in [2.75, 3.05) is 19.6 Å². The molecular formula is C10H14Cl4N2. The second kappa shape index (κ2) is 7.59. The van der Waals surface area contributed by atoms with Crippen molar-refractivity contribution in [3.05, 3.63) is 33.8 Å². The molecule has 0 radical (unpaired) electrons. The molecule has 92 valence electrons. The molecule has 1 atom stereocenters. The van der Waals surface area contributed by atoms with Crippen LogP contribution >= 0.6 is 48.0 Å². The Morgan fingerprint density at radius 3 is 2.50 bits per heavy atom. The molecule has 2 rings (SSSR count). The zero-order valence-electron chi connectivity index (χ0n) is 8.50. The van der Waals surface area contributed by atoms with Gasteiger partial charge in [0.2, 0.25) is 0 Å². The third kappa shape index (κ3) is 3.95. The van der Waals surface area contributed by atoms with E-state index in [4.69, 9.17) is 23.2 Å². The molecule has 1 aliphatic heterocycles. The van der Waals surface area contributed by atoms with E-state index < -0.39 is 0 Å². The molecular weight excluding hydrogens is 290 g/mol. The molecule has 1 saturated heterocycles. The summed E-state index contributed by atoms with van der Waals surface area (Å²) < 4.78 is 0. The zero-order valence-corrected chi connectivity index (χ0v) is 11.6. The van der Waals surface area contributed by atoms with Crippen molar-refractivity contribution in [1.29, 1.82) is 0 Å². The van der Waals surface area contributed by atoms with Crippen molar-refractivity contribution in [1.82, 2.24) is 10.6 Å². The molecule has 0 amide bonds. The molecule has 1 aliphatic rings. The fourth-order valence-electron chi connectivity index (χ4n) is 1.65. The summed E-state index contributed by atoms with van der Waals surface area (Å²) in [5.41, 5.74) is 1.08. The van der Waals surface area contributed by atoms with Gasteiger partial charge in [0.1, 0.15) is 0 Å². The van der Waals surface area contributed by atoms with Crippen molar-refractivity contribution >= 4 is 48.0 Å². The first kappa shape index (κ1) is 16.3. The second-order valence-electron chi connectivity index (χ2n) is 3.38. The van der Waals surface area contributed by atoms with E-state index in [1.807, 2.05) is 18.2 Å². The van der Waals surface area contributed by atoms with Gasteiger partial charge in [-0.2, -0.15) is 0 Å². The van der Waals surface area contributed by atoms with Crippen LogP contribution in [-0.2, 0) is 0 Å². The van der Waals surface area contributed by atoms with Gasteiger partial charge >= 0.3 is 0 Å². The molecule has 1 fully saturated rings. The molecule has 16 heavy (non-hydrogen) atoms. The molecule has 1 aromatic rings. The topological polar surface area (TPSA) is 24.1 Å². The van der Waals surface area contributed by atoms with Gasteiger partial charge in [-0.25, -0.2) is 0 Å². The number of halogens is 4. The summed E-state index contributed by atoms with van der Waals surface area (Å²) in [4.78, 5) is 0. The summed E-state index contributed by atoms with van der Waals surface area (Å²) >= 11 is 12.0. The largest absolute Gasteiger partial charge is 0.314 e. The number of hydrogen-bond donors (Lipinski definition) is 2. The number of piperazine rings is 1. The van der Waals surface area contributed by atoms with Crippen LogP contribution in [0.4, 0.5) is 0 Å². The molecule has 0 aromatic heterocycles. The predicted molar refractivity (Wildman–Crippen MR) is 74.6 cm³/mol. The van der Waals surface area contributed by atoms with Crippen LogP contribution in [0, 0.1) is 0 Å². The van der Waals surface area contributed by atoms with Crippen LogP contribution < -0.4 is 10.6 Å². The third-order valence-corrected chi connectivity index (χ3v) is 2.95. The molecule has 2 nitrogen and oxygen atoms in total. The van der Waals surface area contributed by atoms with Crippen LogP contribution in [-0.4, -0.2) is 19.6 Å². The zero-order chi connectivity index (χ0) is 9.97. The van der Waals surface area contributed by atoms with Gasteiger partial charge in [-0.3, -0.25) is 0 Å². The highest BCUT2D eigenvalue weighted by Gasteiger charge is 2.16. The van der Waals surface area contributed by atoms with Crippen LogP contribution in [0.2, 0.25) is 10.0 Å². The van der Waals surface area contributed by atoms with Crippen LogP contribution in [0.25, 0.3) is 0 Å². The molecule has 2 N–H and O–H groups in total. The van der Waals surface area contributed by atoms with Gasteiger partial charge in [0.25, 0.3) is 0 Å². The Bertz CT molecular complexity index is 327. The predicted octanol–water partition coefficient (Wildman–Crippen LogP) is 3.07. The fourth-order valence-corrected chi connectivity index (χ4v) is 2.08. The van der Waals surface area contributed by atoms with E-state index in [1.165, 1.54) is 0 Å². The maximum Gasteiger partial charge on any atom is 0.0462 e. The van der Waals surface area contributed by atoms with Crippen LogP contribution in [0.15, 0.2) is 18.2 Å². The number of benzene rings is 1. The van der Waals surface area contributed by atoms with Gasteiger partial charge in [-0.1, -0.05) is 23.2 Å². The number of hydrogen-bond acceptors (Lipinski definition) is 2. The number of nitrogens with one attached hydrogen (secondary N) is 2. The minimum absolute atomic E-state index is 0. The molecule has 0 spiro atoms. The van der Waals surface area contributed by atoms with E-state index in [1.54, 1.807) is 0 Å². The van der Waals surface area contributed by atoms with Crippen molar-refractivity contribution < 1.29 is 0 Å². The van der Waals surface area contributed by atoms with Crippen molar-refractivity contribution in [2.24, 2.45) is 0 Å². The second-order valence-corrected chi connectivity index (χ2v) is 4.22. The Morgan fingerprint density at radius 1 is 1.12 bits per heavy atom. The first-order valence-corrected chi connectivity index (χ1v) is 5.42.